The van der Waals surface area contributed by atoms with Crippen LogP contribution in [0.25, 0.3) is 11.0 Å². The molecule has 0 unspecified atom stereocenters. The molecule has 0 saturated carbocycles. The summed E-state index contributed by atoms with van der Waals surface area (Å²) in [6, 6.07) is 7.75. The van der Waals surface area contributed by atoms with E-state index < -0.39 is 0 Å². The number of oxime groups is 1. The summed E-state index contributed by atoms with van der Waals surface area (Å²) in [6.45, 7) is 0. The molecular formula is C12H13N5O. The van der Waals surface area contributed by atoms with Gasteiger partial charge >= 0.3 is 0 Å². The standard InChI is InChI=1S/C12H13N5O/c1-16-10(7-13-18)17(2)12-11(16)14-8-5-3-4-6-9(8)15-12/h3-7,10,18H,1-2H3. The fourth-order valence-corrected chi connectivity index (χ4v) is 2.22. The van der Waals surface area contributed by atoms with Crippen molar-refractivity contribution in [3.05, 3.63) is 24.3 Å². The number of anilines is 2. The normalized spacial score (nSPS) is 15.9. The average molecular weight is 243 g/mol. The smallest absolute Gasteiger partial charge is 0.174 e. The Hall–Kier alpha value is -2.37. The monoisotopic (exact) mass is 243 g/mol. The maximum absolute atomic E-state index is 8.71. The van der Waals surface area contributed by atoms with E-state index in [0.29, 0.717) is 0 Å². The fourth-order valence-electron chi connectivity index (χ4n) is 2.22. The predicted molar refractivity (Wildman–Crippen MR) is 70.4 cm³/mol. The van der Waals surface area contributed by atoms with E-state index in [2.05, 4.69) is 15.1 Å². The minimum Gasteiger partial charge on any atom is -0.411 e. The molecule has 1 aliphatic rings. The molecule has 0 atom stereocenters. The highest BCUT2D eigenvalue weighted by molar-refractivity contribution is 5.88. The summed E-state index contributed by atoms with van der Waals surface area (Å²) in [6.07, 6.45) is 1.29. The number of fused-ring (bicyclic) bond motifs is 2. The highest BCUT2D eigenvalue weighted by atomic mass is 16.4. The van der Waals surface area contributed by atoms with Gasteiger partial charge in [0.2, 0.25) is 0 Å². The van der Waals surface area contributed by atoms with Gasteiger partial charge in [-0.15, -0.1) is 0 Å². The Kier molecular flexibility index (Phi) is 2.29. The Morgan fingerprint density at radius 3 is 2.06 bits per heavy atom. The van der Waals surface area contributed by atoms with Gasteiger partial charge in [0.05, 0.1) is 17.2 Å². The zero-order valence-electron chi connectivity index (χ0n) is 10.1. The molecule has 1 aromatic heterocycles. The third-order valence-corrected chi connectivity index (χ3v) is 3.20. The number of para-hydroxylation sites is 2. The van der Waals surface area contributed by atoms with Crippen LogP contribution in [0.5, 0.6) is 0 Å². The lowest BCUT2D eigenvalue weighted by Gasteiger charge is -2.21. The van der Waals surface area contributed by atoms with Crippen LogP contribution in [0.3, 0.4) is 0 Å². The average Bonchev–Trinajstić information content (AvgIpc) is 2.62. The van der Waals surface area contributed by atoms with Gasteiger partial charge in [0, 0.05) is 14.1 Å². The summed E-state index contributed by atoms with van der Waals surface area (Å²) >= 11 is 0. The molecule has 0 radical (unpaired) electrons. The molecular weight excluding hydrogens is 230 g/mol. The van der Waals surface area contributed by atoms with E-state index in [1.807, 2.05) is 48.2 Å². The largest absolute Gasteiger partial charge is 0.411 e. The summed E-state index contributed by atoms with van der Waals surface area (Å²) in [4.78, 5) is 13.0. The summed E-state index contributed by atoms with van der Waals surface area (Å²) in [5, 5.41) is 11.8. The predicted octanol–water partition coefficient (Wildman–Crippen LogP) is 1.30. The molecule has 18 heavy (non-hydrogen) atoms. The molecule has 1 aliphatic heterocycles. The number of rotatable bonds is 1. The fraction of sp³-hybridized carbons (Fsp3) is 0.250. The van der Waals surface area contributed by atoms with Crippen LogP contribution in [0.15, 0.2) is 29.4 Å². The van der Waals surface area contributed by atoms with Crippen molar-refractivity contribution >= 4 is 28.9 Å². The lowest BCUT2D eigenvalue weighted by Crippen LogP contribution is -2.40. The molecule has 6 heteroatoms. The second-order valence-electron chi connectivity index (χ2n) is 4.26. The molecule has 6 nitrogen and oxygen atoms in total. The Balaban J connectivity index is 2.19. The number of benzene rings is 1. The van der Waals surface area contributed by atoms with E-state index in [0.717, 1.165) is 22.7 Å². The molecule has 3 rings (SSSR count). The van der Waals surface area contributed by atoms with Crippen LogP contribution in [0.1, 0.15) is 0 Å². The zero-order chi connectivity index (χ0) is 12.7. The summed E-state index contributed by atoms with van der Waals surface area (Å²) in [7, 11) is 3.80. The van der Waals surface area contributed by atoms with E-state index in [-0.39, 0.29) is 6.17 Å². The first kappa shape index (κ1) is 10.8. The molecule has 1 aromatic carbocycles. The van der Waals surface area contributed by atoms with Crippen LogP contribution in [0.2, 0.25) is 0 Å². The maximum Gasteiger partial charge on any atom is 0.174 e. The first-order chi connectivity index (χ1) is 8.72. The van der Waals surface area contributed by atoms with Crippen molar-refractivity contribution in [2.24, 2.45) is 5.16 Å². The van der Waals surface area contributed by atoms with Crippen molar-refractivity contribution in [3.63, 3.8) is 0 Å². The van der Waals surface area contributed by atoms with Gasteiger partial charge in [-0.2, -0.15) is 0 Å². The van der Waals surface area contributed by atoms with Gasteiger partial charge in [0.25, 0.3) is 0 Å². The Morgan fingerprint density at radius 2 is 1.61 bits per heavy atom. The van der Waals surface area contributed by atoms with Gasteiger partial charge in [-0.1, -0.05) is 17.3 Å². The molecule has 0 bridgehead atoms. The second kappa shape index (κ2) is 3.83. The van der Waals surface area contributed by atoms with Gasteiger partial charge in [-0.3, -0.25) is 0 Å². The lowest BCUT2D eigenvalue weighted by molar-refractivity contribution is 0.319. The Bertz CT molecular complexity index is 578. The van der Waals surface area contributed by atoms with Gasteiger partial charge < -0.3 is 15.0 Å². The summed E-state index contributed by atoms with van der Waals surface area (Å²) in [5.74, 6) is 1.59. The quantitative estimate of drug-likeness (QED) is 0.464. The number of nitrogens with zero attached hydrogens (tertiary/aromatic N) is 5. The van der Waals surface area contributed by atoms with Crippen molar-refractivity contribution in [2.45, 2.75) is 6.17 Å². The van der Waals surface area contributed by atoms with E-state index in [4.69, 9.17) is 5.21 Å². The lowest BCUT2D eigenvalue weighted by atomic mass is 10.3. The Morgan fingerprint density at radius 1 is 1.11 bits per heavy atom. The molecule has 0 aliphatic carbocycles. The molecule has 0 amide bonds. The minimum atomic E-state index is -0.165. The van der Waals surface area contributed by atoms with Crippen LogP contribution in [0, 0.1) is 0 Å². The van der Waals surface area contributed by atoms with Crippen molar-refractivity contribution in [3.8, 4) is 0 Å². The van der Waals surface area contributed by atoms with Crippen LogP contribution < -0.4 is 9.80 Å². The van der Waals surface area contributed by atoms with Crippen molar-refractivity contribution in [2.75, 3.05) is 23.9 Å². The van der Waals surface area contributed by atoms with E-state index in [9.17, 15) is 0 Å². The van der Waals surface area contributed by atoms with Crippen molar-refractivity contribution in [1.82, 2.24) is 9.97 Å². The number of aromatic nitrogens is 2. The van der Waals surface area contributed by atoms with Crippen LogP contribution >= 0.6 is 0 Å². The highest BCUT2D eigenvalue weighted by Crippen LogP contribution is 2.34. The first-order valence-electron chi connectivity index (χ1n) is 5.62. The molecule has 0 spiro atoms. The van der Waals surface area contributed by atoms with Gasteiger partial charge in [-0.05, 0) is 12.1 Å². The summed E-state index contributed by atoms with van der Waals surface area (Å²) in [5.41, 5.74) is 1.72. The van der Waals surface area contributed by atoms with Gasteiger partial charge in [-0.25, -0.2) is 9.97 Å². The third-order valence-electron chi connectivity index (χ3n) is 3.20. The first-order valence-corrected chi connectivity index (χ1v) is 5.62. The number of hydrogen-bond donors (Lipinski definition) is 1. The topological polar surface area (TPSA) is 64.9 Å². The maximum atomic E-state index is 8.71. The molecule has 2 aromatic rings. The van der Waals surface area contributed by atoms with E-state index in [1.165, 1.54) is 6.21 Å². The van der Waals surface area contributed by atoms with E-state index in [1.54, 1.807) is 0 Å². The van der Waals surface area contributed by atoms with Crippen molar-refractivity contribution in [1.29, 1.82) is 0 Å². The second-order valence-corrected chi connectivity index (χ2v) is 4.26. The highest BCUT2D eigenvalue weighted by Gasteiger charge is 2.33. The molecule has 0 saturated heterocycles. The van der Waals surface area contributed by atoms with Crippen molar-refractivity contribution < 1.29 is 5.21 Å². The molecule has 2 heterocycles. The Labute approximate surface area is 104 Å². The molecule has 1 N–H and O–H groups in total. The van der Waals surface area contributed by atoms with Gasteiger partial charge in [0.1, 0.15) is 6.17 Å². The zero-order valence-corrected chi connectivity index (χ0v) is 10.1. The van der Waals surface area contributed by atoms with Gasteiger partial charge in [0.15, 0.2) is 11.6 Å². The number of hydrogen-bond acceptors (Lipinski definition) is 6. The van der Waals surface area contributed by atoms with Crippen LogP contribution in [-0.4, -0.2) is 41.7 Å². The molecule has 92 valence electrons. The van der Waals surface area contributed by atoms with Crippen LogP contribution in [0.4, 0.5) is 11.6 Å². The third kappa shape index (κ3) is 1.38. The summed E-state index contributed by atoms with van der Waals surface area (Å²) < 4.78 is 0. The minimum absolute atomic E-state index is 0.165. The van der Waals surface area contributed by atoms with E-state index >= 15 is 0 Å². The van der Waals surface area contributed by atoms with Crippen LogP contribution in [-0.2, 0) is 0 Å². The SMILES string of the molecule is CN1c2nc3ccccc3nc2N(C)C1C=NO. The molecule has 0 fully saturated rings.